The van der Waals surface area contributed by atoms with Crippen LogP contribution < -0.4 is 4.74 Å². The van der Waals surface area contributed by atoms with Crippen LogP contribution in [0.2, 0.25) is 0 Å². The molecular formula is C20H21N3O3S. The van der Waals surface area contributed by atoms with E-state index in [1.807, 2.05) is 55.5 Å². The van der Waals surface area contributed by atoms with E-state index in [0.717, 1.165) is 22.4 Å². The summed E-state index contributed by atoms with van der Waals surface area (Å²) in [6.07, 6.45) is 0. The molecule has 6 nitrogen and oxygen atoms in total. The molecule has 1 heterocycles. The summed E-state index contributed by atoms with van der Waals surface area (Å²) >= 11 is 1.24. The van der Waals surface area contributed by atoms with Crippen molar-refractivity contribution in [2.75, 3.05) is 19.9 Å². The van der Waals surface area contributed by atoms with Gasteiger partial charge in [-0.25, -0.2) is 0 Å². The van der Waals surface area contributed by atoms with Crippen LogP contribution in [0.1, 0.15) is 11.1 Å². The Morgan fingerprint density at radius 3 is 2.78 bits per heavy atom. The molecule has 0 N–H and O–H groups in total. The van der Waals surface area contributed by atoms with Gasteiger partial charge in [0.1, 0.15) is 5.75 Å². The molecule has 0 aliphatic heterocycles. The minimum atomic E-state index is -0.0153. The second kappa shape index (κ2) is 8.73. The number of aromatic nitrogens is 2. The molecule has 0 aliphatic rings. The lowest BCUT2D eigenvalue weighted by atomic mass is 10.1. The number of benzene rings is 2. The van der Waals surface area contributed by atoms with Crippen LogP contribution in [0.25, 0.3) is 11.5 Å². The number of ether oxygens (including phenoxy) is 1. The van der Waals surface area contributed by atoms with Crippen molar-refractivity contribution in [1.29, 1.82) is 0 Å². The Morgan fingerprint density at radius 1 is 1.19 bits per heavy atom. The van der Waals surface area contributed by atoms with Gasteiger partial charge in [-0.2, -0.15) is 0 Å². The van der Waals surface area contributed by atoms with Crippen LogP contribution in [-0.4, -0.2) is 40.9 Å². The fourth-order valence-corrected chi connectivity index (χ4v) is 3.26. The number of carbonyl (C=O) groups excluding carboxylic acids is 1. The summed E-state index contributed by atoms with van der Waals surface area (Å²) in [5.74, 6) is 1.46. The first-order valence-electron chi connectivity index (χ1n) is 8.46. The highest BCUT2D eigenvalue weighted by Gasteiger charge is 2.15. The third-order valence-corrected chi connectivity index (χ3v) is 4.88. The van der Waals surface area contributed by atoms with Gasteiger partial charge in [0.2, 0.25) is 11.8 Å². The molecule has 0 unspecified atom stereocenters. The van der Waals surface area contributed by atoms with E-state index in [-0.39, 0.29) is 11.7 Å². The van der Waals surface area contributed by atoms with Gasteiger partial charge in [0.15, 0.2) is 0 Å². The summed E-state index contributed by atoms with van der Waals surface area (Å²) in [7, 11) is 3.40. The number of amides is 1. The Morgan fingerprint density at radius 2 is 2.00 bits per heavy atom. The zero-order valence-electron chi connectivity index (χ0n) is 15.5. The predicted molar refractivity (Wildman–Crippen MR) is 105 cm³/mol. The smallest absolute Gasteiger partial charge is 0.277 e. The van der Waals surface area contributed by atoms with Gasteiger partial charge < -0.3 is 14.1 Å². The van der Waals surface area contributed by atoms with E-state index in [0.29, 0.717) is 17.7 Å². The maximum atomic E-state index is 12.4. The fourth-order valence-electron chi connectivity index (χ4n) is 2.56. The zero-order chi connectivity index (χ0) is 19.2. The van der Waals surface area contributed by atoms with Crippen LogP contribution >= 0.6 is 11.8 Å². The van der Waals surface area contributed by atoms with E-state index in [1.54, 1.807) is 19.1 Å². The summed E-state index contributed by atoms with van der Waals surface area (Å²) in [6, 6.07) is 15.5. The number of methoxy groups -OCH3 is 1. The first kappa shape index (κ1) is 19.0. The van der Waals surface area contributed by atoms with Crippen LogP contribution in [-0.2, 0) is 11.3 Å². The van der Waals surface area contributed by atoms with Crippen molar-refractivity contribution in [3.8, 4) is 17.2 Å². The number of hydrogen-bond donors (Lipinski definition) is 0. The molecule has 0 saturated heterocycles. The lowest BCUT2D eigenvalue weighted by Gasteiger charge is -2.17. The lowest BCUT2D eigenvalue weighted by Crippen LogP contribution is -2.27. The molecule has 1 aromatic heterocycles. The zero-order valence-corrected chi connectivity index (χ0v) is 16.3. The molecule has 1 amide bonds. The average Bonchev–Trinajstić information content (AvgIpc) is 3.15. The maximum absolute atomic E-state index is 12.4. The van der Waals surface area contributed by atoms with Crippen LogP contribution in [0.4, 0.5) is 0 Å². The largest absolute Gasteiger partial charge is 0.497 e. The first-order valence-corrected chi connectivity index (χ1v) is 9.44. The van der Waals surface area contributed by atoms with Gasteiger partial charge in [-0.15, -0.1) is 10.2 Å². The Kier molecular flexibility index (Phi) is 6.13. The molecule has 2 aromatic carbocycles. The highest BCUT2D eigenvalue weighted by molar-refractivity contribution is 7.99. The molecule has 0 spiro atoms. The Labute approximate surface area is 162 Å². The van der Waals surface area contributed by atoms with Gasteiger partial charge in [0.25, 0.3) is 5.22 Å². The van der Waals surface area contributed by atoms with E-state index >= 15 is 0 Å². The number of hydrogen-bond acceptors (Lipinski definition) is 6. The van der Waals surface area contributed by atoms with Crippen LogP contribution in [0.15, 0.2) is 58.2 Å². The minimum absolute atomic E-state index is 0.0153. The Hall–Kier alpha value is -2.80. The monoisotopic (exact) mass is 383 g/mol. The van der Waals surface area contributed by atoms with Crippen molar-refractivity contribution in [2.24, 2.45) is 0 Å². The summed E-state index contributed by atoms with van der Waals surface area (Å²) < 4.78 is 10.9. The van der Waals surface area contributed by atoms with Gasteiger partial charge in [-0.1, -0.05) is 42.1 Å². The van der Waals surface area contributed by atoms with E-state index < -0.39 is 0 Å². The number of aryl methyl sites for hydroxylation is 1. The van der Waals surface area contributed by atoms with E-state index in [9.17, 15) is 4.79 Å². The molecule has 0 atom stereocenters. The van der Waals surface area contributed by atoms with Crippen LogP contribution in [0.3, 0.4) is 0 Å². The fraction of sp³-hybridized carbons (Fsp3) is 0.250. The molecule has 0 radical (unpaired) electrons. The molecule has 7 heteroatoms. The van der Waals surface area contributed by atoms with Gasteiger partial charge in [0.05, 0.1) is 12.9 Å². The van der Waals surface area contributed by atoms with Gasteiger partial charge in [0, 0.05) is 19.2 Å². The first-order chi connectivity index (χ1) is 13.1. The van der Waals surface area contributed by atoms with E-state index in [1.165, 1.54) is 11.8 Å². The molecule has 140 valence electrons. The van der Waals surface area contributed by atoms with Crippen molar-refractivity contribution < 1.29 is 13.9 Å². The second-order valence-electron chi connectivity index (χ2n) is 6.08. The van der Waals surface area contributed by atoms with Gasteiger partial charge >= 0.3 is 0 Å². The highest BCUT2D eigenvalue weighted by atomic mass is 32.2. The topological polar surface area (TPSA) is 68.5 Å². The summed E-state index contributed by atoms with van der Waals surface area (Å²) in [4.78, 5) is 14.1. The number of thioether (sulfide) groups is 1. The van der Waals surface area contributed by atoms with Gasteiger partial charge in [-0.3, -0.25) is 4.79 Å². The Bertz CT molecular complexity index is 926. The third kappa shape index (κ3) is 4.89. The molecule has 0 bridgehead atoms. The number of carbonyl (C=O) groups is 1. The average molecular weight is 383 g/mol. The molecule has 0 aliphatic carbocycles. The minimum Gasteiger partial charge on any atom is -0.497 e. The van der Waals surface area contributed by atoms with Gasteiger partial charge in [-0.05, 0) is 36.2 Å². The second-order valence-corrected chi connectivity index (χ2v) is 7.00. The molecule has 3 aromatic rings. The van der Waals surface area contributed by atoms with Crippen molar-refractivity contribution >= 4 is 17.7 Å². The molecule has 27 heavy (non-hydrogen) atoms. The normalized spacial score (nSPS) is 10.6. The van der Waals surface area contributed by atoms with Crippen LogP contribution in [0, 0.1) is 6.92 Å². The van der Waals surface area contributed by atoms with E-state index in [4.69, 9.17) is 9.15 Å². The van der Waals surface area contributed by atoms with Crippen molar-refractivity contribution in [3.63, 3.8) is 0 Å². The summed E-state index contributed by atoms with van der Waals surface area (Å²) in [5.41, 5.74) is 2.97. The predicted octanol–water partition coefficient (Wildman–Crippen LogP) is 3.80. The van der Waals surface area contributed by atoms with Crippen molar-refractivity contribution in [3.05, 3.63) is 59.7 Å². The molecule has 3 rings (SSSR count). The van der Waals surface area contributed by atoms with E-state index in [2.05, 4.69) is 10.2 Å². The molecule has 0 fully saturated rings. The standard InChI is InChI=1S/C20H21N3O3S/c1-14-7-4-5-10-17(14)19-21-22-20(26-19)27-13-18(24)23(2)12-15-8-6-9-16(11-15)25-3/h4-11H,12-13H2,1-3H3. The van der Waals surface area contributed by atoms with Crippen molar-refractivity contribution in [2.45, 2.75) is 18.7 Å². The number of nitrogens with zero attached hydrogens (tertiary/aromatic N) is 3. The summed E-state index contributed by atoms with van der Waals surface area (Å²) in [6.45, 7) is 2.50. The van der Waals surface area contributed by atoms with Crippen molar-refractivity contribution in [1.82, 2.24) is 15.1 Å². The summed E-state index contributed by atoms with van der Waals surface area (Å²) in [5, 5.41) is 8.50. The third-order valence-electron chi connectivity index (χ3n) is 4.08. The number of rotatable bonds is 7. The molecular weight excluding hydrogens is 362 g/mol. The highest BCUT2D eigenvalue weighted by Crippen LogP contribution is 2.25. The van der Waals surface area contributed by atoms with Crippen LogP contribution in [0.5, 0.6) is 5.75 Å². The maximum Gasteiger partial charge on any atom is 0.277 e. The SMILES string of the molecule is COc1cccc(CN(C)C(=O)CSc2nnc(-c3ccccc3C)o2)c1. The Balaban J connectivity index is 1.56. The molecule has 0 saturated carbocycles. The quantitative estimate of drug-likeness (QED) is 0.578. The lowest BCUT2D eigenvalue weighted by molar-refractivity contribution is -0.127.